The smallest absolute Gasteiger partial charge is 0.327 e. The summed E-state index contributed by atoms with van der Waals surface area (Å²) in [6.45, 7) is 5.38. The fourth-order valence-electron chi connectivity index (χ4n) is 3.34. The Morgan fingerprint density at radius 2 is 1.76 bits per heavy atom. The zero-order valence-electron chi connectivity index (χ0n) is 19.6. The van der Waals surface area contributed by atoms with Crippen LogP contribution in [-0.4, -0.2) is 72.3 Å². The lowest BCUT2D eigenvalue weighted by atomic mass is 10.1. The van der Waals surface area contributed by atoms with Gasteiger partial charge in [0.15, 0.2) is 0 Å². The maximum Gasteiger partial charge on any atom is 0.327 e. The van der Waals surface area contributed by atoms with Gasteiger partial charge < -0.3 is 29.5 Å². The second-order valence-electron chi connectivity index (χ2n) is 7.52. The van der Waals surface area contributed by atoms with Crippen LogP contribution in [0.15, 0.2) is 24.3 Å². The van der Waals surface area contributed by atoms with Gasteiger partial charge >= 0.3 is 11.9 Å². The molecule has 0 atom stereocenters. The summed E-state index contributed by atoms with van der Waals surface area (Å²) < 4.78 is 15.4. The quantitative estimate of drug-likeness (QED) is 0.158. The van der Waals surface area contributed by atoms with Crippen molar-refractivity contribution in [2.24, 2.45) is 5.92 Å². The molecule has 186 valence electrons. The molecule has 0 aliphatic carbocycles. The molecule has 1 amide bonds. The zero-order valence-corrected chi connectivity index (χ0v) is 20.4. The lowest BCUT2D eigenvalue weighted by Gasteiger charge is -2.25. The summed E-state index contributed by atoms with van der Waals surface area (Å²) in [5, 5.41) is 13.1. The predicted molar refractivity (Wildman–Crippen MR) is 130 cm³/mol. The average Bonchev–Trinajstić information content (AvgIpc) is 2.82. The molecule has 0 unspecified atom stereocenters. The Bertz CT molecular complexity index is 879. The number of piperidine rings is 1. The number of esters is 2. The van der Waals surface area contributed by atoms with E-state index in [9.17, 15) is 19.5 Å². The van der Waals surface area contributed by atoms with E-state index in [-0.39, 0.29) is 43.0 Å². The molecule has 34 heavy (non-hydrogen) atoms. The molecule has 0 saturated carbocycles. The molecule has 1 aromatic carbocycles. The number of hydrogen-bond donors (Lipinski definition) is 2. The summed E-state index contributed by atoms with van der Waals surface area (Å²) in [7, 11) is 0. The van der Waals surface area contributed by atoms with E-state index in [1.165, 1.54) is 12.1 Å². The van der Waals surface area contributed by atoms with Crippen LogP contribution in [0.5, 0.6) is 11.5 Å². The van der Waals surface area contributed by atoms with Gasteiger partial charge in [-0.3, -0.25) is 14.4 Å². The van der Waals surface area contributed by atoms with E-state index in [1.54, 1.807) is 37.0 Å². The van der Waals surface area contributed by atoms with Gasteiger partial charge in [-0.1, -0.05) is 12.2 Å². The van der Waals surface area contributed by atoms with E-state index in [4.69, 9.17) is 26.4 Å². The van der Waals surface area contributed by atoms with E-state index >= 15 is 0 Å². The minimum atomic E-state index is -1.34. The number of nitrogens with one attached hydrogen (secondary N) is 1. The van der Waals surface area contributed by atoms with E-state index in [2.05, 4.69) is 5.32 Å². The number of rotatable bonds is 11. The summed E-state index contributed by atoms with van der Waals surface area (Å²) in [6.07, 6.45) is 6.23. The number of hydrogen-bond acceptors (Lipinski definition) is 8. The van der Waals surface area contributed by atoms with Crippen molar-refractivity contribution < 1.29 is 33.7 Å². The Hall–Kier alpha value is -3.14. The summed E-state index contributed by atoms with van der Waals surface area (Å²) >= 11 is 5.17. The average molecular weight is 493 g/mol. The van der Waals surface area contributed by atoms with Crippen LogP contribution in [0.25, 0.3) is 6.08 Å². The molecule has 1 aromatic rings. The maximum atomic E-state index is 12.2. The third-order valence-corrected chi connectivity index (χ3v) is 5.43. The summed E-state index contributed by atoms with van der Waals surface area (Å²) in [4.78, 5) is 38.2. The maximum absolute atomic E-state index is 12.2. The second-order valence-corrected chi connectivity index (χ2v) is 7.96. The first-order valence-electron chi connectivity index (χ1n) is 11.4. The number of ether oxygens (including phenoxy) is 3. The molecule has 2 N–H and O–H groups in total. The van der Waals surface area contributed by atoms with Gasteiger partial charge in [0.1, 0.15) is 23.1 Å². The SMILES string of the molecule is CCOC(=O)C(C(=O)OCC)C(=S)NCCOc1ccc(/C=C/C(=O)N2CCCCC2)c(O)c1. The van der Waals surface area contributed by atoms with E-state index in [1.807, 2.05) is 0 Å². The molecule has 1 aliphatic heterocycles. The molecule has 0 radical (unpaired) electrons. The number of carbonyl (C=O) groups is 3. The minimum Gasteiger partial charge on any atom is -0.507 e. The van der Waals surface area contributed by atoms with Crippen LogP contribution in [0, 0.1) is 5.92 Å². The Morgan fingerprint density at radius 1 is 1.12 bits per heavy atom. The second kappa shape index (κ2) is 14.2. The first-order chi connectivity index (χ1) is 16.4. The molecule has 1 heterocycles. The van der Waals surface area contributed by atoms with Crippen molar-refractivity contribution in [3.8, 4) is 11.5 Å². The molecule has 0 spiro atoms. The van der Waals surface area contributed by atoms with Gasteiger partial charge in [0, 0.05) is 37.3 Å². The van der Waals surface area contributed by atoms with Crippen molar-refractivity contribution in [3.05, 3.63) is 29.8 Å². The number of likely N-dealkylation sites (tertiary alicyclic amines) is 1. The number of phenolic OH excluding ortho intramolecular Hbond substituents is 1. The standard InChI is InChI=1S/C24H32N2O7S/c1-3-31-23(29)21(24(30)32-4-2)22(34)25-12-15-33-18-10-8-17(19(27)16-18)9-11-20(28)26-13-6-5-7-14-26/h8-11,16,21,27H,3-7,12-15H2,1-2H3,(H,25,34)/b11-9+. The highest BCUT2D eigenvalue weighted by atomic mass is 32.1. The molecular weight excluding hydrogens is 460 g/mol. The molecule has 1 fully saturated rings. The van der Waals surface area contributed by atoms with Crippen molar-refractivity contribution in [2.75, 3.05) is 39.5 Å². The first-order valence-corrected chi connectivity index (χ1v) is 11.8. The van der Waals surface area contributed by atoms with Crippen molar-refractivity contribution in [2.45, 2.75) is 33.1 Å². The zero-order chi connectivity index (χ0) is 24.9. The molecule has 9 nitrogen and oxygen atoms in total. The van der Waals surface area contributed by atoms with Crippen molar-refractivity contribution in [1.29, 1.82) is 0 Å². The van der Waals surface area contributed by atoms with Crippen molar-refractivity contribution in [1.82, 2.24) is 10.2 Å². The summed E-state index contributed by atoms with van der Waals surface area (Å²) in [6, 6.07) is 4.77. The fourth-order valence-corrected chi connectivity index (χ4v) is 3.64. The molecule has 10 heteroatoms. The monoisotopic (exact) mass is 492 g/mol. The van der Waals surface area contributed by atoms with Gasteiger partial charge in [-0.05, 0) is 51.3 Å². The number of carbonyl (C=O) groups excluding carboxylic acids is 3. The van der Waals surface area contributed by atoms with Gasteiger partial charge in [0.25, 0.3) is 0 Å². The Kier molecular flexibility index (Phi) is 11.3. The molecule has 2 rings (SSSR count). The van der Waals surface area contributed by atoms with Crippen LogP contribution < -0.4 is 10.1 Å². The van der Waals surface area contributed by atoms with Gasteiger partial charge in [-0.25, -0.2) is 0 Å². The lowest BCUT2D eigenvalue weighted by Crippen LogP contribution is -2.42. The van der Waals surface area contributed by atoms with Crippen LogP contribution in [0.2, 0.25) is 0 Å². The number of thiocarbonyl (C=S) groups is 1. The molecule has 0 bridgehead atoms. The number of nitrogens with zero attached hydrogens (tertiary/aromatic N) is 1. The fraction of sp³-hybridized carbons (Fsp3) is 0.500. The molecule has 1 aliphatic rings. The molecular formula is C24H32N2O7S. The summed E-state index contributed by atoms with van der Waals surface area (Å²) in [5.41, 5.74) is 0.503. The highest BCUT2D eigenvalue weighted by Crippen LogP contribution is 2.25. The third-order valence-electron chi connectivity index (χ3n) is 5.05. The van der Waals surface area contributed by atoms with Crippen LogP contribution >= 0.6 is 12.2 Å². The molecule has 1 saturated heterocycles. The largest absolute Gasteiger partial charge is 0.507 e. The van der Waals surface area contributed by atoms with Gasteiger partial charge in [0.2, 0.25) is 11.8 Å². The highest BCUT2D eigenvalue weighted by molar-refractivity contribution is 7.80. The van der Waals surface area contributed by atoms with Gasteiger partial charge in [-0.15, -0.1) is 0 Å². The van der Waals surface area contributed by atoms with Gasteiger partial charge in [-0.2, -0.15) is 0 Å². The van der Waals surface area contributed by atoms with E-state index in [0.717, 1.165) is 32.4 Å². The lowest BCUT2D eigenvalue weighted by molar-refractivity contribution is -0.157. The highest BCUT2D eigenvalue weighted by Gasteiger charge is 2.33. The minimum absolute atomic E-state index is 0.0118. The van der Waals surface area contributed by atoms with Crippen molar-refractivity contribution >= 4 is 41.1 Å². The topological polar surface area (TPSA) is 114 Å². The van der Waals surface area contributed by atoms with E-state index in [0.29, 0.717) is 11.3 Å². The van der Waals surface area contributed by atoms with Crippen LogP contribution in [0.4, 0.5) is 0 Å². The number of benzene rings is 1. The number of amides is 1. The first kappa shape index (κ1) is 27.1. The van der Waals surface area contributed by atoms with E-state index < -0.39 is 17.9 Å². The van der Waals surface area contributed by atoms with Crippen molar-refractivity contribution in [3.63, 3.8) is 0 Å². The Balaban J connectivity index is 1.85. The van der Waals surface area contributed by atoms with Gasteiger partial charge in [0.05, 0.1) is 13.2 Å². The molecule has 0 aromatic heterocycles. The predicted octanol–water partition coefficient (Wildman–Crippen LogP) is 2.46. The third kappa shape index (κ3) is 8.33. The Labute approximate surface area is 205 Å². The number of phenols is 1. The Morgan fingerprint density at radius 3 is 2.35 bits per heavy atom. The normalized spacial score (nSPS) is 13.6. The van der Waals surface area contributed by atoms with Crippen LogP contribution in [-0.2, 0) is 23.9 Å². The summed E-state index contributed by atoms with van der Waals surface area (Å²) in [5.74, 6) is -2.55. The van der Waals surface area contributed by atoms with Crippen LogP contribution in [0.1, 0.15) is 38.7 Å². The van der Waals surface area contributed by atoms with Crippen LogP contribution in [0.3, 0.4) is 0 Å². The number of aromatic hydroxyl groups is 1.